The van der Waals surface area contributed by atoms with Crippen LogP contribution in [0.25, 0.3) is 0 Å². The summed E-state index contributed by atoms with van der Waals surface area (Å²) in [4.78, 5) is 13.5. The molecule has 1 aliphatic carbocycles. The lowest BCUT2D eigenvalue weighted by Crippen LogP contribution is -2.36. The van der Waals surface area contributed by atoms with Crippen LogP contribution in [0.1, 0.15) is 49.5 Å². The predicted octanol–water partition coefficient (Wildman–Crippen LogP) is 3.08. The minimum absolute atomic E-state index is 0.101. The Balaban J connectivity index is 2.09. The molecule has 3 heteroatoms. The maximum atomic E-state index is 12.1. The second-order valence-electron chi connectivity index (χ2n) is 4.56. The Morgan fingerprint density at radius 2 is 2.50 bits per heavy atom. The standard InChI is InChI=1S/C13H19NOS/c1-3-9(2)14-13(15)11-5-4-6-12-10(11)7-8-16-12/h7-9,11H,3-6H2,1-2H3,(H,14,15). The van der Waals surface area contributed by atoms with Crippen molar-refractivity contribution in [2.45, 2.75) is 51.5 Å². The van der Waals surface area contributed by atoms with E-state index in [1.165, 1.54) is 10.4 Å². The van der Waals surface area contributed by atoms with Crippen LogP contribution in [0.15, 0.2) is 11.4 Å². The van der Waals surface area contributed by atoms with Gasteiger partial charge < -0.3 is 5.32 Å². The molecular formula is C13H19NOS. The summed E-state index contributed by atoms with van der Waals surface area (Å²) < 4.78 is 0. The predicted molar refractivity (Wildman–Crippen MR) is 67.9 cm³/mol. The third kappa shape index (κ3) is 2.29. The number of aryl methyl sites for hydroxylation is 1. The molecule has 1 amide bonds. The number of amides is 1. The number of thiophene rings is 1. The highest BCUT2D eigenvalue weighted by molar-refractivity contribution is 7.10. The van der Waals surface area contributed by atoms with Crippen LogP contribution in [0.4, 0.5) is 0 Å². The molecule has 0 bridgehead atoms. The molecule has 2 nitrogen and oxygen atoms in total. The van der Waals surface area contributed by atoms with Crippen molar-refractivity contribution in [2.75, 3.05) is 0 Å². The second-order valence-corrected chi connectivity index (χ2v) is 5.56. The molecule has 0 saturated carbocycles. The van der Waals surface area contributed by atoms with E-state index in [9.17, 15) is 4.79 Å². The van der Waals surface area contributed by atoms with E-state index >= 15 is 0 Å². The molecule has 1 N–H and O–H groups in total. The van der Waals surface area contributed by atoms with Crippen molar-refractivity contribution in [1.82, 2.24) is 5.32 Å². The molecule has 16 heavy (non-hydrogen) atoms. The molecule has 1 heterocycles. The molecule has 2 atom stereocenters. The first-order chi connectivity index (χ1) is 7.72. The molecule has 2 rings (SSSR count). The molecule has 0 aromatic carbocycles. The molecule has 1 aliphatic rings. The molecule has 2 unspecified atom stereocenters. The number of nitrogens with one attached hydrogen (secondary N) is 1. The lowest BCUT2D eigenvalue weighted by atomic mass is 9.87. The van der Waals surface area contributed by atoms with Gasteiger partial charge in [0, 0.05) is 10.9 Å². The monoisotopic (exact) mass is 237 g/mol. The maximum Gasteiger partial charge on any atom is 0.227 e. The lowest BCUT2D eigenvalue weighted by molar-refractivity contribution is -0.123. The van der Waals surface area contributed by atoms with Gasteiger partial charge in [0.25, 0.3) is 0 Å². The quantitative estimate of drug-likeness (QED) is 0.860. The molecule has 0 saturated heterocycles. The SMILES string of the molecule is CCC(C)NC(=O)C1CCCc2sccc21. The van der Waals surface area contributed by atoms with Crippen LogP contribution in [0.2, 0.25) is 0 Å². The van der Waals surface area contributed by atoms with Crippen molar-refractivity contribution in [3.8, 4) is 0 Å². The van der Waals surface area contributed by atoms with Crippen LogP contribution in [0, 0.1) is 0 Å². The largest absolute Gasteiger partial charge is 0.353 e. The van der Waals surface area contributed by atoms with Gasteiger partial charge in [-0.05, 0) is 49.6 Å². The van der Waals surface area contributed by atoms with Gasteiger partial charge in [-0.15, -0.1) is 11.3 Å². The van der Waals surface area contributed by atoms with Gasteiger partial charge in [-0.1, -0.05) is 6.92 Å². The Kier molecular flexibility index (Phi) is 3.64. The van der Waals surface area contributed by atoms with E-state index in [2.05, 4.69) is 30.6 Å². The highest BCUT2D eigenvalue weighted by Gasteiger charge is 2.27. The molecule has 0 spiro atoms. The fraction of sp³-hybridized carbons (Fsp3) is 0.615. The van der Waals surface area contributed by atoms with Gasteiger partial charge in [0.15, 0.2) is 0 Å². The average Bonchev–Trinajstić information content (AvgIpc) is 2.76. The Hall–Kier alpha value is -0.830. The number of hydrogen-bond donors (Lipinski definition) is 1. The van der Waals surface area contributed by atoms with Crippen molar-refractivity contribution < 1.29 is 4.79 Å². The van der Waals surface area contributed by atoms with E-state index in [0.717, 1.165) is 25.7 Å². The van der Waals surface area contributed by atoms with Crippen LogP contribution in [-0.2, 0) is 11.2 Å². The summed E-state index contributed by atoms with van der Waals surface area (Å²) in [7, 11) is 0. The van der Waals surface area contributed by atoms with E-state index in [-0.39, 0.29) is 17.9 Å². The highest BCUT2D eigenvalue weighted by atomic mass is 32.1. The summed E-state index contributed by atoms with van der Waals surface area (Å²) in [6, 6.07) is 2.41. The number of fused-ring (bicyclic) bond motifs is 1. The first-order valence-electron chi connectivity index (χ1n) is 6.09. The Morgan fingerprint density at radius 1 is 1.69 bits per heavy atom. The zero-order chi connectivity index (χ0) is 11.5. The van der Waals surface area contributed by atoms with E-state index < -0.39 is 0 Å². The maximum absolute atomic E-state index is 12.1. The van der Waals surface area contributed by atoms with E-state index in [4.69, 9.17) is 0 Å². The third-order valence-corrected chi connectivity index (χ3v) is 4.37. The van der Waals surface area contributed by atoms with E-state index in [1.54, 1.807) is 11.3 Å². The van der Waals surface area contributed by atoms with Crippen molar-refractivity contribution >= 4 is 17.2 Å². The minimum Gasteiger partial charge on any atom is -0.353 e. The first kappa shape index (κ1) is 11.6. The first-order valence-corrected chi connectivity index (χ1v) is 6.97. The molecule has 0 fully saturated rings. The summed E-state index contributed by atoms with van der Waals surface area (Å²) in [6.07, 6.45) is 4.30. The number of carbonyl (C=O) groups is 1. The van der Waals surface area contributed by atoms with Gasteiger partial charge in [0.2, 0.25) is 5.91 Å². The lowest BCUT2D eigenvalue weighted by Gasteiger charge is -2.23. The smallest absolute Gasteiger partial charge is 0.227 e. The van der Waals surface area contributed by atoms with Crippen molar-refractivity contribution in [3.05, 3.63) is 21.9 Å². The fourth-order valence-electron chi connectivity index (χ4n) is 2.20. The number of hydrogen-bond acceptors (Lipinski definition) is 2. The minimum atomic E-state index is 0.101. The topological polar surface area (TPSA) is 29.1 Å². The second kappa shape index (κ2) is 5.00. The van der Waals surface area contributed by atoms with Gasteiger partial charge in [0.1, 0.15) is 0 Å². The van der Waals surface area contributed by atoms with Gasteiger partial charge in [-0.3, -0.25) is 4.79 Å². The van der Waals surface area contributed by atoms with Crippen LogP contribution in [-0.4, -0.2) is 11.9 Å². The summed E-state index contributed by atoms with van der Waals surface area (Å²) >= 11 is 1.79. The van der Waals surface area contributed by atoms with Crippen molar-refractivity contribution in [3.63, 3.8) is 0 Å². The Morgan fingerprint density at radius 3 is 3.25 bits per heavy atom. The summed E-state index contributed by atoms with van der Waals surface area (Å²) in [5, 5.41) is 5.21. The number of rotatable bonds is 3. The number of carbonyl (C=O) groups excluding carboxylic acids is 1. The average molecular weight is 237 g/mol. The summed E-state index contributed by atoms with van der Waals surface area (Å²) in [5.41, 5.74) is 1.28. The van der Waals surface area contributed by atoms with Crippen LogP contribution in [0.3, 0.4) is 0 Å². The van der Waals surface area contributed by atoms with Crippen molar-refractivity contribution in [1.29, 1.82) is 0 Å². The summed E-state index contributed by atoms with van der Waals surface area (Å²) in [6.45, 7) is 4.16. The zero-order valence-corrected chi connectivity index (χ0v) is 10.8. The fourth-order valence-corrected chi connectivity index (χ4v) is 3.19. The Labute approximate surface area is 101 Å². The van der Waals surface area contributed by atoms with Crippen LogP contribution < -0.4 is 5.32 Å². The molecule has 88 valence electrons. The van der Waals surface area contributed by atoms with Crippen LogP contribution >= 0.6 is 11.3 Å². The highest BCUT2D eigenvalue weighted by Crippen LogP contribution is 2.35. The Bertz CT molecular complexity index is 372. The molecule has 0 radical (unpaired) electrons. The molecule has 0 aliphatic heterocycles. The van der Waals surface area contributed by atoms with E-state index in [1.807, 2.05) is 0 Å². The van der Waals surface area contributed by atoms with Crippen LogP contribution in [0.5, 0.6) is 0 Å². The van der Waals surface area contributed by atoms with E-state index in [0.29, 0.717) is 0 Å². The van der Waals surface area contributed by atoms with Gasteiger partial charge >= 0.3 is 0 Å². The van der Waals surface area contributed by atoms with Gasteiger partial charge in [-0.25, -0.2) is 0 Å². The van der Waals surface area contributed by atoms with Gasteiger partial charge in [0.05, 0.1) is 5.92 Å². The molecule has 1 aromatic rings. The zero-order valence-electron chi connectivity index (χ0n) is 9.95. The normalized spacial score (nSPS) is 21.2. The molecule has 1 aromatic heterocycles. The summed E-state index contributed by atoms with van der Waals surface area (Å²) in [5.74, 6) is 0.317. The third-order valence-electron chi connectivity index (χ3n) is 3.37. The molecular weight excluding hydrogens is 218 g/mol. The van der Waals surface area contributed by atoms with Crippen molar-refractivity contribution in [2.24, 2.45) is 0 Å². The van der Waals surface area contributed by atoms with Gasteiger partial charge in [-0.2, -0.15) is 0 Å².